The van der Waals surface area contributed by atoms with Gasteiger partial charge < -0.3 is 5.73 Å². The topological polar surface area (TPSA) is 49.9 Å². The van der Waals surface area contributed by atoms with Gasteiger partial charge in [0, 0.05) is 5.92 Å². The number of hydrogen-bond acceptors (Lipinski definition) is 1. The number of nitrogens with one attached hydrogen (secondary N) is 1. The molecule has 0 amide bonds. The molecule has 0 radical (unpaired) electrons. The fraction of sp³-hybridized carbons (Fsp3) is 0.833. The van der Waals surface area contributed by atoms with E-state index in [1.807, 2.05) is 0 Å². The number of nitrogens with two attached hydrogens (primary N) is 1. The fourth-order valence-electron chi connectivity index (χ4n) is 0.729. The van der Waals surface area contributed by atoms with Crippen LogP contribution in [0.2, 0.25) is 0 Å². The summed E-state index contributed by atoms with van der Waals surface area (Å²) in [6, 6.07) is 0. The molecule has 0 aliphatic rings. The minimum atomic E-state index is 0.315. The molecule has 0 rings (SSSR count). The first kappa shape index (κ1) is 7.47. The average Bonchev–Trinajstić information content (AvgIpc) is 1.69. The van der Waals surface area contributed by atoms with Gasteiger partial charge in [-0.1, -0.05) is 13.8 Å². The van der Waals surface area contributed by atoms with Crippen molar-refractivity contribution in [2.24, 2.45) is 11.7 Å². The molecule has 0 unspecified atom stereocenters. The molecular weight excluding hydrogens is 100 g/mol. The van der Waals surface area contributed by atoms with Crippen molar-refractivity contribution in [1.82, 2.24) is 0 Å². The Morgan fingerprint density at radius 3 is 1.88 bits per heavy atom. The minimum absolute atomic E-state index is 0.315. The number of amidine groups is 1. The molecule has 0 aromatic carbocycles. The van der Waals surface area contributed by atoms with E-state index in [9.17, 15) is 0 Å². The van der Waals surface area contributed by atoms with Crippen molar-refractivity contribution in [3.05, 3.63) is 0 Å². The zero-order chi connectivity index (χ0) is 6.57. The van der Waals surface area contributed by atoms with E-state index in [4.69, 9.17) is 11.1 Å². The molecule has 0 saturated heterocycles. The highest BCUT2D eigenvalue weighted by atomic mass is 14.7. The van der Waals surface area contributed by atoms with Gasteiger partial charge in [-0.3, -0.25) is 5.41 Å². The van der Waals surface area contributed by atoms with Gasteiger partial charge in [-0.25, -0.2) is 0 Å². The van der Waals surface area contributed by atoms with Crippen LogP contribution in [0.25, 0.3) is 0 Å². The Labute approximate surface area is 50.6 Å². The third-order valence-electron chi connectivity index (χ3n) is 1.43. The van der Waals surface area contributed by atoms with Crippen LogP contribution < -0.4 is 5.73 Å². The SMILES string of the molecule is CCC(CC)C(=N)N. The van der Waals surface area contributed by atoms with E-state index >= 15 is 0 Å². The first-order valence-electron chi connectivity index (χ1n) is 3.06. The Balaban J connectivity index is 3.52. The summed E-state index contributed by atoms with van der Waals surface area (Å²) in [4.78, 5) is 0. The molecule has 48 valence electrons. The second kappa shape index (κ2) is 3.47. The van der Waals surface area contributed by atoms with E-state index in [0.717, 1.165) is 12.8 Å². The van der Waals surface area contributed by atoms with Gasteiger partial charge >= 0.3 is 0 Å². The van der Waals surface area contributed by atoms with E-state index < -0.39 is 0 Å². The second-order valence-electron chi connectivity index (χ2n) is 1.97. The van der Waals surface area contributed by atoms with Gasteiger partial charge in [-0.05, 0) is 12.8 Å². The molecule has 0 aliphatic carbocycles. The standard InChI is InChI=1S/C6H14N2/c1-3-5(4-2)6(7)8/h5H,3-4H2,1-2H3,(H3,7,8). The molecule has 0 spiro atoms. The van der Waals surface area contributed by atoms with Crippen LogP contribution in [0, 0.1) is 11.3 Å². The monoisotopic (exact) mass is 114 g/mol. The summed E-state index contributed by atoms with van der Waals surface area (Å²) >= 11 is 0. The minimum Gasteiger partial charge on any atom is -0.387 e. The van der Waals surface area contributed by atoms with Gasteiger partial charge in [0.2, 0.25) is 0 Å². The van der Waals surface area contributed by atoms with Gasteiger partial charge in [-0.2, -0.15) is 0 Å². The van der Waals surface area contributed by atoms with E-state index in [1.54, 1.807) is 0 Å². The van der Waals surface area contributed by atoms with Gasteiger partial charge in [0.15, 0.2) is 0 Å². The summed E-state index contributed by atoms with van der Waals surface area (Å²) in [6.07, 6.45) is 1.98. The normalized spacial score (nSPS) is 9.88. The third kappa shape index (κ3) is 1.96. The summed E-state index contributed by atoms with van der Waals surface area (Å²) in [7, 11) is 0. The third-order valence-corrected chi connectivity index (χ3v) is 1.43. The van der Waals surface area contributed by atoms with Crippen LogP contribution in [-0.2, 0) is 0 Å². The van der Waals surface area contributed by atoms with Crippen LogP contribution in [0.1, 0.15) is 26.7 Å². The maximum absolute atomic E-state index is 7.03. The number of rotatable bonds is 3. The van der Waals surface area contributed by atoms with E-state index in [0.29, 0.717) is 11.8 Å². The Kier molecular flexibility index (Phi) is 3.24. The molecule has 2 heteroatoms. The van der Waals surface area contributed by atoms with E-state index in [-0.39, 0.29) is 0 Å². The van der Waals surface area contributed by atoms with Crippen LogP contribution in [0.15, 0.2) is 0 Å². The molecule has 0 heterocycles. The largest absolute Gasteiger partial charge is 0.387 e. The first-order chi connectivity index (χ1) is 3.72. The molecule has 2 nitrogen and oxygen atoms in total. The summed E-state index contributed by atoms with van der Waals surface area (Å²) < 4.78 is 0. The highest BCUT2D eigenvalue weighted by Gasteiger charge is 2.03. The van der Waals surface area contributed by atoms with Crippen LogP contribution in [0.3, 0.4) is 0 Å². The van der Waals surface area contributed by atoms with Crippen LogP contribution in [-0.4, -0.2) is 5.84 Å². The predicted octanol–water partition coefficient (Wildman–Crippen LogP) is 1.36. The lowest BCUT2D eigenvalue weighted by Crippen LogP contribution is -2.20. The lowest BCUT2D eigenvalue weighted by molar-refractivity contribution is 0.634. The Morgan fingerprint density at radius 2 is 1.88 bits per heavy atom. The fourth-order valence-corrected chi connectivity index (χ4v) is 0.729. The maximum Gasteiger partial charge on any atom is 0.0936 e. The highest BCUT2D eigenvalue weighted by Crippen LogP contribution is 2.04. The molecule has 0 fully saturated rings. The molecule has 0 aromatic heterocycles. The van der Waals surface area contributed by atoms with E-state index in [2.05, 4.69) is 13.8 Å². The van der Waals surface area contributed by atoms with Crippen molar-refractivity contribution in [2.45, 2.75) is 26.7 Å². The zero-order valence-corrected chi connectivity index (χ0v) is 5.57. The molecule has 0 saturated carbocycles. The molecular formula is C6H14N2. The lowest BCUT2D eigenvalue weighted by atomic mass is 10.0. The smallest absolute Gasteiger partial charge is 0.0936 e. The van der Waals surface area contributed by atoms with Crippen molar-refractivity contribution in [2.75, 3.05) is 0 Å². The molecule has 0 atom stereocenters. The highest BCUT2D eigenvalue weighted by molar-refractivity contribution is 5.79. The summed E-state index contributed by atoms with van der Waals surface area (Å²) in [5.74, 6) is 0.644. The average molecular weight is 114 g/mol. The summed E-state index contributed by atoms with van der Waals surface area (Å²) in [5.41, 5.74) is 5.24. The Morgan fingerprint density at radius 1 is 1.50 bits per heavy atom. The van der Waals surface area contributed by atoms with Gasteiger partial charge in [0.1, 0.15) is 0 Å². The Bertz CT molecular complexity index is 74.6. The molecule has 0 bridgehead atoms. The van der Waals surface area contributed by atoms with Crippen molar-refractivity contribution in [1.29, 1.82) is 5.41 Å². The van der Waals surface area contributed by atoms with Crippen molar-refractivity contribution in [3.63, 3.8) is 0 Å². The van der Waals surface area contributed by atoms with Crippen LogP contribution in [0.5, 0.6) is 0 Å². The van der Waals surface area contributed by atoms with Crippen LogP contribution >= 0.6 is 0 Å². The molecule has 0 aliphatic heterocycles. The van der Waals surface area contributed by atoms with Crippen molar-refractivity contribution < 1.29 is 0 Å². The van der Waals surface area contributed by atoms with Gasteiger partial charge in [0.25, 0.3) is 0 Å². The van der Waals surface area contributed by atoms with Gasteiger partial charge in [-0.15, -0.1) is 0 Å². The number of hydrogen-bond donors (Lipinski definition) is 2. The van der Waals surface area contributed by atoms with Crippen molar-refractivity contribution >= 4 is 5.84 Å². The van der Waals surface area contributed by atoms with Crippen molar-refractivity contribution in [3.8, 4) is 0 Å². The summed E-state index contributed by atoms with van der Waals surface area (Å²) in [6.45, 7) is 4.10. The first-order valence-corrected chi connectivity index (χ1v) is 3.06. The quantitative estimate of drug-likeness (QED) is 0.422. The molecule has 0 aromatic rings. The Hall–Kier alpha value is -0.530. The van der Waals surface area contributed by atoms with Crippen LogP contribution in [0.4, 0.5) is 0 Å². The van der Waals surface area contributed by atoms with Gasteiger partial charge in [0.05, 0.1) is 5.84 Å². The second-order valence-corrected chi connectivity index (χ2v) is 1.97. The summed E-state index contributed by atoms with van der Waals surface area (Å²) in [5, 5.41) is 7.03. The molecule has 8 heavy (non-hydrogen) atoms. The van der Waals surface area contributed by atoms with E-state index in [1.165, 1.54) is 0 Å². The zero-order valence-electron chi connectivity index (χ0n) is 5.57. The predicted molar refractivity (Wildman–Crippen MR) is 36.0 cm³/mol. The lowest BCUT2D eigenvalue weighted by Gasteiger charge is -2.07. The molecule has 3 N–H and O–H groups in total. The maximum atomic E-state index is 7.03.